The van der Waals surface area contributed by atoms with Gasteiger partial charge in [-0.15, -0.1) is 0 Å². The van der Waals surface area contributed by atoms with E-state index in [2.05, 4.69) is 15.7 Å². The van der Waals surface area contributed by atoms with Crippen LogP contribution in [0, 0.1) is 20.8 Å². The van der Waals surface area contributed by atoms with Crippen molar-refractivity contribution < 1.29 is 14.4 Å². The lowest BCUT2D eigenvalue weighted by atomic mass is 9.88. The maximum atomic E-state index is 13.1. The topological polar surface area (TPSA) is 96.3 Å². The van der Waals surface area contributed by atoms with Crippen molar-refractivity contribution in [3.05, 3.63) is 88.2 Å². The molecule has 1 saturated heterocycles. The van der Waals surface area contributed by atoms with Gasteiger partial charge in [-0.25, -0.2) is 4.79 Å². The number of nitrogens with one attached hydrogen (secondary N) is 2. The summed E-state index contributed by atoms with van der Waals surface area (Å²) >= 11 is 0. The SMILES string of the molecule is Cc1ccccc1C1(C)NC(=O)N(CC(=O)NCc2c(C)nn(Cc3ccccc3)c2C)C1=O. The van der Waals surface area contributed by atoms with Crippen molar-refractivity contribution in [1.82, 2.24) is 25.3 Å². The molecule has 8 nitrogen and oxygen atoms in total. The highest BCUT2D eigenvalue weighted by molar-refractivity contribution is 6.09. The van der Waals surface area contributed by atoms with Crippen molar-refractivity contribution in [3.8, 4) is 0 Å². The van der Waals surface area contributed by atoms with Gasteiger partial charge in [0.2, 0.25) is 5.91 Å². The van der Waals surface area contributed by atoms with Crippen molar-refractivity contribution in [1.29, 1.82) is 0 Å². The summed E-state index contributed by atoms with van der Waals surface area (Å²) in [7, 11) is 0. The smallest absolute Gasteiger partial charge is 0.325 e. The van der Waals surface area contributed by atoms with E-state index in [-0.39, 0.29) is 13.1 Å². The largest absolute Gasteiger partial charge is 0.350 e. The Balaban J connectivity index is 1.41. The van der Waals surface area contributed by atoms with E-state index in [1.54, 1.807) is 6.92 Å². The molecule has 4 rings (SSSR count). The molecule has 0 bridgehead atoms. The Morgan fingerprint density at radius 1 is 1.03 bits per heavy atom. The number of aryl methyl sites for hydroxylation is 2. The maximum absolute atomic E-state index is 13.1. The average Bonchev–Trinajstić information content (AvgIpc) is 3.19. The van der Waals surface area contributed by atoms with Crippen LogP contribution in [0.2, 0.25) is 0 Å². The fourth-order valence-electron chi connectivity index (χ4n) is 4.44. The number of benzene rings is 2. The summed E-state index contributed by atoms with van der Waals surface area (Å²) in [6.07, 6.45) is 0. The molecule has 0 saturated carbocycles. The minimum absolute atomic E-state index is 0.268. The molecule has 1 aromatic heterocycles. The van der Waals surface area contributed by atoms with E-state index in [0.29, 0.717) is 12.1 Å². The Hall–Kier alpha value is -3.94. The quantitative estimate of drug-likeness (QED) is 0.531. The van der Waals surface area contributed by atoms with E-state index in [0.717, 1.165) is 33.0 Å². The van der Waals surface area contributed by atoms with Crippen molar-refractivity contribution >= 4 is 17.8 Å². The van der Waals surface area contributed by atoms with E-state index >= 15 is 0 Å². The minimum atomic E-state index is -1.20. The van der Waals surface area contributed by atoms with Gasteiger partial charge in [-0.2, -0.15) is 5.10 Å². The van der Waals surface area contributed by atoms with Gasteiger partial charge in [-0.3, -0.25) is 19.2 Å². The van der Waals surface area contributed by atoms with Crippen molar-refractivity contribution in [2.45, 2.75) is 46.3 Å². The predicted molar refractivity (Wildman–Crippen MR) is 128 cm³/mol. The third kappa shape index (κ3) is 4.31. The van der Waals surface area contributed by atoms with Crippen LogP contribution in [-0.2, 0) is 28.2 Å². The molecule has 0 spiro atoms. The summed E-state index contributed by atoms with van der Waals surface area (Å²) < 4.78 is 1.91. The second kappa shape index (κ2) is 9.13. The average molecular weight is 460 g/mol. The van der Waals surface area contributed by atoms with Gasteiger partial charge in [-0.05, 0) is 44.4 Å². The lowest BCUT2D eigenvalue weighted by Gasteiger charge is -2.24. The Morgan fingerprint density at radius 2 is 1.71 bits per heavy atom. The van der Waals surface area contributed by atoms with E-state index in [9.17, 15) is 14.4 Å². The van der Waals surface area contributed by atoms with Gasteiger partial charge >= 0.3 is 6.03 Å². The molecule has 1 aliphatic heterocycles. The standard InChI is InChI=1S/C26H29N5O3/c1-17-10-8-9-13-22(17)26(4)24(33)30(25(34)28-26)16-23(32)27-14-21-18(2)29-31(19(21)3)15-20-11-6-5-7-12-20/h5-13H,14-16H2,1-4H3,(H,27,32)(H,28,34). The summed E-state index contributed by atoms with van der Waals surface area (Å²) in [5.41, 5.74) is 4.26. The number of rotatable bonds is 7. The van der Waals surface area contributed by atoms with E-state index in [4.69, 9.17) is 0 Å². The van der Waals surface area contributed by atoms with Crippen LogP contribution in [0.3, 0.4) is 0 Å². The zero-order valence-corrected chi connectivity index (χ0v) is 19.9. The van der Waals surface area contributed by atoms with Crippen LogP contribution in [0.1, 0.15) is 40.6 Å². The van der Waals surface area contributed by atoms with Gasteiger partial charge in [0.05, 0.1) is 12.2 Å². The second-order valence-electron chi connectivity index (χ2n) is 8.83. The van der Waals surface area contributed by atoms with Gasteiger partial charge in [0.15, 0.2) is 0 Å². The molecule has 1 aliphatic rings. The molecule has 0 radical (unpaired) electrons. The third-order valence-corrected chi connectivity index (χ3v) is 6.43. The molecule has 176 valence electrons. The Labute approximate surface area is 199 Å². The lowest BCUT2D eigenvalue weighted by Crippen LogP contribution is -2.43. The Bertz CT molecular complexity index is 1250. The number of carbonyl (C=O) groups excluding carboxylic acids is 3. The number of amides is 4. The highest BCUT2D eigenvalue weighted by Gasteiger charge is 2.50. The van der Waals surface area contributed by atoms with Crippen molar-refractivity contribution in [2.24, 2.45) is 0 Å². The highest BCUT2D eigenvalue weighted by atomic mass is 16.2. The molecular weight excluding hydrogens is 430 g/mol. The molecule has 2 N–H and O–H groups in total. The summed E-state index contributed by atoms with van der Waals surface area (Å²) in [5, 5.41) is 10.2. The van der Waals surface area contributed by atoms with Crippen LogP contribution in [0.4, 0.5) is 4.79 Å². The van der Waals surface area contributed by atoms with Crippen molar-refractivity contribution in [2.75, 3.05) is 6.54 Å². The van der Waals surface area contributed by atoms with Gasteiger partial charge in [0.1, 0.15) is 12.1 Å². The molecule has 1 unspecified atom stereocenters. The minimum Gasteiger partial charge on any atom is -0.350 e. The van der Waals surface area contributed by atoms with E-state index in [1.807, 2.05) is 80.1 Å². The fourth-order valence-corrected chi connectivity index (χ4v) is 4.44. The first kappa shape index (κ1) is 23.2. The fraction of sp³-hybridized carbons (Fsp3) is 0.308. The number of urea groups is 1. The Morgan fingerprint density at radius 3 is 2.41 bits per heavy atom. The van der Waals surface area contributed by atoms with Crippen LogP contribution >= 0.6 is 0 Å². The summed E-state index contributed by atoms with van der Waals surface area (Å²) in [5.74, 6) is -0.850. The molecule has 3 aromatic rings. The highest BCUT2D eigenvalue weighted by Crippen LogP contribution is 2.30. The van der Waals surface area contributed by atoms with Gasteiger partial charge in [0, 0.05) is 17.8 Å². The predicted octanol–water partition coefficient (Wildman–Crippen LogP) is 2.94. The summed E-state index contributed by atoms with van der Waals surface area (Å²) in [6, 6.07) is 16.9. The molecule has 2 heterocycles. The molecule has 2 aromatic carbocycles. The Kier molecular flexibility index (Phi) is 6.24. The first-order valence-electron chi connectivity index (χ1n) is 11.2. The number of imide groups is 1. The zero-order valence-electron chi connectivity index (χ0n) is 19.9. The van der Waals surface area contributed by atoms with Crippen LogP contribution in [0.25, 0.3) is 0 Å². The van der Waals surface area contributed by atoms with Crippen LogP contribution < -0.4 is 10.6 Å². The molecule has 0 aliphatic carbocycles. The monoisotopic (exact) mass is 459 g/mol. The number of nitrogens with zero attached hydrogens (tertiary/aromatic N) is 3. The van der Waals surface area contributed by atoms with Crippen molar-refractivity contribution in [3.63, 3.8) is 0 Å². The van der Waals surface area contributed by atoms with E-state index in [1.165, 1.54) is 0 Å². The normalized spacial score (nSPS) is 17.7. The molecule has 1 atom stereocenters. The maximum Gasteiger partial charge on any atom is 0.325 e. The van der Waals surface area contributed by atoms with Gasteiger partial charge in [0.25, 0.3) is 5.91 Å². The number of hydrogen-bond acceptors (Lipinski definition) is 4. The van der Waals surface area contributed by atoms with Crippen LogP contribution in [0.5, 0.6) is 0 Å². The lowest BCUT2D eigenvalue weighted by molar-refractivity contribution is -0.134. The number of aromatic nitrogens is 2. The molecule has 4 amide bonds. The summed E-state index contributed by atoms with van der Waals surface area (Å²) in [4.78, 5) is 39.4. The number of hydrogen-bond donors (Lipinski definition) is 2. The van der Waals surface area contributed by atoms with Gasteiger partial charge in [-0.1, -0.05) is 54.6 Å². The molecule has 1 fully saturated rings. The second-order valence-corrected chi connectivity index (χ2v) is 8.83. The zero-order chi connectivity index (χ0) is 24.5. The van der Waals surface area contributed by atoms with Crippen LogP contribution in [-0.4, -0.2) is 39.1 Å². The first-order chi connectivity index (χ1) is 16.2. The summed E-state index contributed by atoms with van der Waals surface area (Å²) in [6.45, 7) is 7.99. The number of carbonyl (C=O) groups is 3. The molecular formula is C26H29N5O3. The first-order valence-corrected chi connectivity index (χ1v) is 11.2. The molecule has 8 heteroatoms. The van der Waals surface area contributed by atoms with Crippen LogP contribution in [0.15, 0.2) is 54.6 Å². The third-order valence-electron chi connectivity index (χ3n) is 6.43. The molecule has 34 heavy (non-hydrogen) atoms. The van der Waals surface area contributed by atoms with E-state index < -0.39 is 23.4 Å². The van der Waals surface area contributed by atoms with Gasteiger partial charge < -0.3 is 10.6 Å².